The average molecular weight is 391 g/mol. The Labute approximate surface area is 167 Å². The van der Waals surface area contributed by atoms with E-state index in [-0.39, 0.29) is 5.82 Å². The number of nitriles is 1. The highest BCUT2D eigenvalue weighted by Crippen LogP contribution is 2.48. The first-order valence-corrected chi connectivity index (χ1v) is 9.45. The molecule has 29 heavy (non-hydrogen) atoms. The van der Waals surface area contributed by atoms with Crippen molar-refractivity contribution in [1.29, 1.82) is 5.26 Å². The molecule has 1 aliphatic rings. The van der Waals surface area contributed by atoms with Crippen molar-refractivity contribution in [2.45, 2.75) is 36.7 Å². The quantitative estimate of drug-likeness (QED) is 0.623. The maximum Gasteiger partial charge on any atom is 0.214 e. The number of aromatic nitrogens is 2. The number of nitrogens with zero attached hydrogens (tertiary/aromatic N) is 3. The summed E-state index contributed by atoms with van der Waals surface area (Å²) in [4.78, 5) is 8.52. The summed E-state index contributed by atoms with van der Waals surface area (Å²) in [5.41, 5.74) is -0.150. The summed E-state index contributed by atoms with van der Waals surface area (Å²) in [6, 6.07) is 16.9. The van der Waals surface area contributed by atoms with Gasteiger partial charge in [-0.25, -0.2) is 13.8 Å². The number of rotatable bonds is 4. The van der Waals surface area contributed by atoms with Crippen molar-refractivity contribution in [3.8, 4) is 11.9 Å². The van der Waals surface area contributed by atoms with E-state index in [1.165, 1.54) is 24.4 Å². The second-order valence-electron chi connectivity index (χ2n) is 7.33. The van der Waals surface area contributed by atoms with Gasteiger partial charge in [-0.05, 0) is 61.6 Å². The molecule has 1 fully saturated rings. The standard InChI is InChI=1S/C23H19F2N3O/c24-18-6-4-17(5-7-18)22(16-26)10-12-23(13-11-22,20-9-8-19(25)15-28-20)29-21-3-1-2-14-27-21/h1-9,14-15H,10-13H2/t22-,23+. The van der Waals surface area contributed by atoms with E-state index in [1.807, 2.05) is 6.07 Å². The van der Waals surface area contributed by atoms with Crippen LogP contribution in [0.1, 0.15) is 36.9 Å². The molecule has 0 N–H and O–H groups in total. The van der Waals surface area contributed by atoms with E-state index in [9.17, 15) is 14.0 Å². The predicted molar refractivity (Wildman–Crippen MR) is 103 cm³/mol. The van der Waals surface area contributed by atoms with Crippen LogP contribution in [0.25, 0.3) is 0 Å². The van der Waals surface area contributed by atoms with Crippen LogP contribution < -0.4 is 4.74 Å². The number of pyridine rings is 2. The third-order valence-electron chi connectivity index (χ3n) is 5.65. The van der Waals surface area contributed by atoms with Crippen LogP contribution in [0.15, 0.2) is 67.0 Å². The summed E-state index contributed by atoms with van der Waals surface area (Å²) < 4.78 is 33.1. The highest BCUT2D eigenvalue weighted by atomic mass is 19.1. The van der Waals surface area contributed by atoms with Gasteiger partial charge in [-0.1, -0.05) is 18.2 Å². The van der Waals surface area contributed by atoms with Gasteiger partial charge in [0.2, 0.25) is 5.88 Å². The van der Waals surface area contributed by atoms with Crippen LogP contribution in [0.2, 0.25) is 0 Å². The molecule has 0 unspecified atom stereocenters. The van der Waals surface area contributed by atoms with Crippen LogP contribution in [0.4, 0.5) is 8.78 Å². The first-order chi connectivity index (χ1) is 14.1. The Morgan fingerprint density at radius 1 is 0.862 bits per heavy atom. The van der Waals surface area contributed by atoms with Crippen LogP contribution >= 0.6 is 0 Å². The van der Waals surface area contributed by atoms with E-state index >= 15 is 0 Å². The topological polar surface area (TPSA) is 58.8 Å². The van der Waals surface area contributed by atoms with Crippen LogP contribution in [0.3, 0.4) is 0 Å². The molecule has 0 atom stereocenters. The molecule has 146 valence electrons. The Hall–Kier alpha value is -3.33. The summed E-state index contributed by atoms with van der Waals surface area (Å²) in [6.45, 7) is 0. The van der Waals surface area contributed by atoms with Gasteiger partial charge in [0.25, 0.3) is 0 Å². The van der Waals surface area contributed by atoms with Crippen molar-refractivity contribution in [1.82, 2.24) is 9.97 Å². The molecule has 0 radical (unpaired) electrons. The lowest BCUT2D eigenvalue weighted by Crippen LogP contribution is -2.43. The van der Waals surface area contributed by atoms with Gasteiger partial charge in [0.1, 0.15) is 11.6 Å². The number of hydrogen-bond acceptors (Lipinski definition) is 4. The fourth-order valence-electron chi connectivity index (χ4n) is 3.98. The SMILES string of the molecule is N#C[C@]1(c2ccc(F)cc2)CC[C@](Oc2ccccn2)(c2ccc(F)cn2)CC1. The summed E-state index contributed by atoms with van der Waals surface area (Å²) in [7, 11) is 0. The number of halogens is 2. The van der Waals surface area contributed by atoms with Gasteiger partial charge < -0.3 is 4.74 Å². The van der Waals surface area contributed by atoms with Crippen molar-refractivity contribution in [2.24, 2.45) is 0 Å². The minimum atomic E-state index is -0.817. The fourth-order valence-corrected chi connectivity index (χ4v) is 3.98. The van der Waals surface area contributed by atoms with Crippen molar-refractivity contribution in [3.05, 3.63) is 89.9 Å². The smallest absolute Gasteiger partial charge is 0.214 e. The predicted octanol–water partition coefficient (Wildman–Crippen LogP) is 5.06. The zero-order chi connectivity index (χ0) is 20.3. The minimum absolute atomic E-state index is 0.332. The fraction of sp³-hybridized carbons (Fsp3) is 0.261. The monoisotopic (exact) mass is 391 g/mol. The molecule has 1 aliphatic carbocycles. The summed E-state index contributed by atoms with van der Waals surface area (Å²) in [6.07, 6.45) is 4.80. The number of benzene rings is 1. The summed E-state index contributed by atoms with van der Waals surface area (Å²) >= 11 is 0. The molecule has 0 saturated heterocycles. The van der Waals surface area contributed by atoms with E-state index in [2.05, 4.69) is 16.0 Å². The van der Waals surface area contributed by atoms with Crippen molar-refractivity contribution >= 4 is 0 Å². The average Bonchev–Trinajstić information content (AvgIpc) is 2.76. The zero-order valence-corrected chi connectivity index (χ0v) is 15.7. The second kappa shape index (κ2) is 7.59. The second-order valence-corrected chi connectivity index (χ2v) is 7.33. The van der Waals surface area contributed by atoms with Crippen LogP contribution in [-0.2, 0) is 11.0 Å². The molecule has 0 spiro atoms. The van der Waals surface area contributed by atoms with Crippen molar-refractivity contribution in [2.75, 3.05) is 0 Å². The van der Waals surface area contributed by atoms with E-state index < -0.39 is 16.8 Å². The molecule has 0 bridgehead atoms. The highest BCUT2D eigenvalue weighted by molar-refractivity contribution is 5.35. The third-order valence-corrected chi connectivity index (χ3v) is 5.65. The first-order valence-electron chi connectivity index (χ1n) is 9.45. The molecule has 4 rings (SSSR count). The van der Waals surface area contributed by atoms with Gasteiger partial charge in [-0.3, -0.25) is 4.98 Å². The van der Waals surface area contributed by atoms with Gasteiger partial charge in [-0.2, -0.15) is 5.26 Å². The molecular formula is C23H19F2N3O. The maximum absolute atomic E-state index is 13.4. The van der Waals surface area contributed by atoms with Gasteiger partial charge >= 0.3 is 0 Å². The molecule has 1 aromatic carbocycles. The summed E-state index contributed by atoms with van der Waals surface area (Å²) in [5.74, 6) is -0.305. The first kappa shape index (κ1) is 19.0. The maximum atomic E-state index is 13.4. The van der Waals surface area contributed by atoms with E-state index in [0.717, 1.165) is 5.56 Å². The highest BCUT2D eigenvalue weighted by Gasteiger charge is 2.47. The molecule has 4 nitrogen and oxygen atoms in total. The lowest BCUT2D eigenvalue weighted by atomic mass is 9.65. The number of ether oxygens (including phenoxy) is 1. The Balaban J connectivity index is 1.68. The van der Waals surface area contributed by atoms with Gasteiger partial charge in [0, 0.05) is 12.3 Å². The normalized spacial score (nSPS) is 23.9. The lowest BCUT2D eigenvalue weighted by molar-refractivity contribution is 0.00388. The lowest BCUT2D eigenvalue weighted by Gasteiger charge is -2.43. The van der Waals surface area contributed by atoms with Crippen molar-refractivity contribution in [3.63, 3.8) is 0 Å². The van der Waals surface area contributed by atoms with Crippen LogP contribution in [0, 0.1) is 23.0 Å². The summed E-state index contributed by atoms with van der Waals surface area (Å²) in [5, 5.41) is 9.97. The van der Waals surface area contributed by atoms with Crippen LogP contribution in [-0.4, -0.2) is 9.97 Å². The molecule has 2 aromatic heterocycles. The molecule has 2 heterocycles. The van der Waals surface area contributed by atoms with Gasteiger partial charge in [0.05, 0.1) is 23.4 Å². The van der Waals surface area contributed by atoms with E-state index in [4.69, 9.17) is 4.74 Å². The third kappa shape index (κ3) is 3.68. The number of hydrogen-bond donors (Lipinski definition) is 0. The zero-order valence-electron chi connectivity index (χ0n) is 15.7. The molecule has 0 amide bonds. The molecular weight excluding hydrogens is 372 g/mol. The Kier molecular flexibility index (Phi) is 4.98. The largest absolute Gasteiger partial charge is 0.465 e. The molecule has 3 aromatic rings. The molecule has 0 aliphatic heterocycles. The molecule has 6 heteroatoms. The Morgan fingerprint density at radius 2 is 1.59 bits per heavy atom. The minimum Gasteiger partial charge on any atom is -0.465 e. The van der Waals surface area contributed by atoms with Crippen molar-refractivity contribution < 1.29 is 13.5 Å². The molecule has 1 saturated carbocycles. The van der Waals surface area contributed by atoms with E-state index in [0.29, 0.717) is 37.3 Å². The van der Waals surface area contributed by atoms with Crippen LogP contribution in [0.5, 0.6) is 5.88 Å². The Morgan fingerprint density at radius 3 is 2.17 bits per heavy atom. The van der Waals surface area contributed by atoms with E-state index in [1.54, 1.807) is 36.5 Å². The van der Waals surface area contributed by atoms with Gasteiger partial charge in [0.15, 0.2) is 5.60 Å². The Bertz CT molecular complexity index is 1010. The van der Waals surface area contributed by atoms with Gasteiger partial charge in [-0.15, -0.1) is 0 Å².